The van der Waals surface area contributed by atoms with E-state index in [1.54, 1.807) is 15.5 Å². The Hall–Kier alpha value is -1.65. The van der Waals surface area contributed by atoms with Gasteiger partial charge in [-0.15, -0.1) is 17.9 Å². The Morgan fingerprint density at radius 1 is 1.42 bits per heavy atom. The van der Waals surface area contributed by atoms with E-state index in [2.05, 4.69) is 11.6 Å². The molecule has 0 radical (unpaired) electrons. The minimum atomic E-state index is -3.09. The van der Waals surface area contributed by atoms with E-state index in [4.69, 9.17) is 0 Å². The molecule has 0 spiro atoms. The van der Waals surface area contributed by atoms with Gasteiger partial charge < -0.3 is 4.90 Å². The van der Waals surface area contributed by atoms with Crippen LogP contribution in [-0.4, -0.2) is 58.6 Å². The Balaban J connectivity index is 1.87. The lowest BCUT2D eigenvalue weighted by molar-refractivity contribution is -0.130. The van der Waals surface area contributed by atoms with Crippen LogP contribution in [0.2, 0.25) is 0 Å². The van der Waals surface area contributed by atoms with Crippen LogP contribution in [0.1, 0.15) is 30.7 Å². The number of aryl methyl sites for hydroxylation is 2. The summed E-state index contributed by atoms with van der Waals surface area (Å²) in [6, 6.07) is -0.283. The van der Waals surface area contributed by atoms with Gasteiger partial charge in [0, 0.05) is 24.0 Å². The molecule has 1 aliphatic rings. The average Bonchev–Trinajstić information content (AvgIpc) is 3.19. The molecule has 2 aromatic heterocycles. The minimum absolute atomic E-state index is 0.0231. The number of amides is 1. The number of thiophene rings is 1. The molecular weight excluding hydrogens is 454 g/mol. The van der Waals surface area contributed by atoms with Crippen LogP contribution in [0, 0.1) is 19.8 Å². The average molecular weight is 484 g/mol. The van der Waals surface area contributed by atoms with Gasteiger partial charge in [0.05, 0.1) is 22.6 Å². The minimum Gasteiger partial charge on any atom is -0.338 e. The zero-order valence-electron chi connectivity index (χ0n) is 18.4. The third-order valence-electron chi connectivity index (χ3n) is 5.42. The molecule has 1 fully saturated rings. The summed E-state index contributed by atoms with van der Waals surface area (Å²) in [7, 11) is -3.09. The topological polar surface area (TPSA) is 89.3 Å². The molecule has 3 heterocycles. The summed E-state index contributed by atoms with van der Waals surface area (Å²) in [6.45, 7) is 12.5. The molecule has 0 aromatic carbocycles. The van der Waals surface area contributed by atoms with E-state index in [1.165, 1.54) is 23.1 Å². The van der Waals surface area contributed by atoms with E-state index in [0.29, 0.717) is 34.9 Å². The summed E-state index contributed by atoms with van der Waals surface area (Å²) in [5.41, 5.74) is 0.816. The standard InChI is InChI=1S/C21H29N3O4S3/c1-6-8-23-20(26)18-14(4)15(5)30-19(18)22-21(23)29-11-17(25)24(10-13(2)3)16-7-9-31(27,28)12-16/h6,13,16H,1,7-12H2,2-5H3/t16-/m0/s1. The maximum atomic E-state index is 13.1. The van der Waals surface area contributed by atoms with Crippen molar-refractivity contribution in [3.63, 3.8) is 0 Å². The van der Waals surface area contributed by atoms with E-state index in [-0.39, 0.29) is 40.7 Å². The van der Waals surface area contributed by atoms with Crippen molar-refractivity contribution in [2.75, 3.05) is 23.8 Å². The number of rotatable bonds is 8. The monoisotopic (exact) mass is 483 g/mol. The molecule has 3 rings (SSSR count). The molecule has 1 saturated heterocycles. The molecule has 0 saturated carbocycles. The maximum absolute atomic E-state index is 13.1. The predicted octanol–water partition coefficient (Wildman–Crippen LogP) is 3.02. The molecular formula is C21H29N3O4S3. The van der Waals surface area contributed by atoms with Crippen molar-refractivity contribution >= 4 is 49.1 Å². The molecule has 31 heavy (non-hydrogen) atoms. The molecule has 1 aliphatic heterocycles. The van der Waals surface area contributed by atoms with Crippen LogP contribution in [0.15, 0.2) is 22.6 Å². The van der Waals surface area contributed by atoms with Crippen molar-refractivity contribution in [2.45, 2.75) is 51.9 Å². The largest absolute Gasteiger partial charge is 0.338 e. The number of carbonyl (C=O) groups is 1. The number of fused-ring (bicyclic) bond motifs is 1. The number of sulfone groups is 1. The van der Waals surface area contributed by atoms with Crippen LogP contribution in [0.3, 0.4) is 0 Å². The molecule has 170 valence electrons. The van der Waals surface area contributed by atoms with Crippen LogP contribution in [0.25, 0.3) is 10.2 Å². The summed E-state index contributed by atoms with van der Waals surface area (Å²) >= 11 is 2.70. The van der Waals surface area contributed by atoms with Crippen LogP contribution in [0.4, 0.5) is 0 Å². The fourth-order valence-electron chi connectivity index (χ4n) is 3.79. The van der Waals surface area contributed by atoms with Gasteiger partial charge in [-0.2, -0.15) is 0 Å². The summed E-state index contributed by atoms with van der Waals surface area (Å²) < 4.78 is 25.4. The third kappa shape index (κ3) is 5.23. The fourth-order valence-corrected chi connectivity index (χ4v) is 7.48. The number of aromatic nitrogens is 2. The second kappa shape index (κ2) is 9.46. The first-order chi connectivity index (χ1) is 14.5. The van der Waals surface area contributed by atoms with Gasteiger partial charge in [0.1, 0.15) is 4.83 Å². The first-order valence-corrected chi connectivity index (χ1v) is 13.9. The molecule has 1 atom stereocenters. The summed E-state index contributed by atoms with van der Waals surface area (Å²) in [5, 5.41) is 1.10. The van der Waals surface area contributed by atoms with Crippen molar-refractivity contribution in [3.8, 4) is 0 Å². The summed E-state index contributed by atoms with van der Waals surface area (Å²) in [5.74, 6) is 0.347. The highest BCUT2D eigenvalue weighted by atomic mass is 32.2. The van der Waals surface area contributed by atoms with Crippen molar-refractivity contribution in [3.05, 3.63) is 33.4 Å². The summed E-state index contributed by atoms with van der Waals surface area (Å²) in [4.78, 5) is 34.3. The van der Waals surface area contributed by atoms with E-state index in [1.807, 2.05) is 27.7 Å². The van der Waals surface area contributed by atoms with Crippen LogP contribution in [-0.2, 0) is 21.2 Å². The molecule has 7 nitrogen and oxygen atoms in total. The number of carbonyl (C=O) groups excluding carboxylic acids is 1. The van der Waals surface area contributed by atoms with Crippen molar-refractivity contribution in [2.24, 2.45) is 5.92 Å². The van der Waals surface area contributed by atoms with E-state index in [9.17, 15) is 18.0 Å². The van der Waals surface area contributed by atoms with Crippen molar-refractivity contribution < 1.29 is 13.2 Å². The molecule has 1 amide bonds. The maximum Gasteiger partial charge on any atom is 0.263 e. The number of thioether (sulfide) groups is 1. The van der Waals surface area contributed by atoms with Gasteiger partial charge in [0.15, 0.2) is 15.0 Å². The first kappa shape index (κ1) is 24.0. The Morgan fingerprint density at radius 2 is 2.13 bits per heavy atom. The number of hydrogen-bond donors (Lipinski definition) is 0. The number of hydrogen-bond acceptors (Lipinski definition) is 7. The number of nitrogens with zero attached hydrogens (tertiary/aromatic N) is 3. The Bertz CT molecular complexity index is 1160. The molecule has 10 heteroatoms. The Labute approximate surface area is 191 Å². The van der Waals surface area contributed by atoms with Gasteiger partial charge in [0.2, 0.25) is 5.91 Å². The summed E-state index contributed by atoms with van der Waals surface area (Å²) in [6.07, 6.45) is 2.12. The van der Waals surface area contributed by atoms with Crippen molar-refractivity contribution in [1.29, 1.82) is 0 Å². The highest BCUT2D eigenvalue weighted by Gasteiger charge is 2.35. The van der Waals surface area contributed by atoms with Crippen LogP contribution >= 0.6 is 23.1 Å². The zero-order chi connectivity index (χ0) is 22.9. The van der Waals surface area contributed by atoms with Gasteiger partial charge in [0.25, 0.3) is 5.56 Å². The quantitative estimate of drug-likeness (QED) is 0.326. The molecule has 2 aromatic rings. The van der Waals surface area contributed by atoms with E-state index < -0.39 is 9.84 Å². The van der Waals surface area contributed by atoms with Gasteiger partial charge >= 0.3 is 0 Å². The van der Waals surface area contributed by atoms with Crippen molar-refractivity contribution in [1.82, 2.24) is 14.5 Å². The smallest absolute Gasteiger partial charge is 0.263 e. The lowest BCUT2D eigenvalue weighted by Crippen LogP contribution is -2.44. The van der Waals surface area contributed by atoms with Gasteiger partial charge in [-0.25, -0.2) is 13.4 Å². The number of allylic oxidation sites excluding steroid dienone is 1. The lowest BCUT2D eigenvalue weighted by atomic mass is 10.1. The second-order valence-corrected chi connectivity index (χ2v) is 12.7. The fraction of sp³-hybridized carbons (Fsp3) is 0.571. The van der Waals surface area contributed by atoms with Crippen LogP contribution < -0.4 is 5.56 Å². The highest BCUT2D eigenvalue weighted by molar-refractivity contribution is 7.99. The zero-order valence-corrected chi connectivity index (χ0v) is 20.8. The third-order valence-corrected chi connectivity index (χ3v) is 9.23. The first-order valence-electron chi connectivity index (χ1n) is 10.3. The Kier molecular flexibility index (Phi) is 7.32. The van der Waals surface area contributed by atoms with E-state index >= 15 is 0 Å². The SMILES string of the molecule is C=CCn1c(SCC(=O)N(CC(C)C)[C@H]2CCS(=O)(=O)C2)nc2sc(C)c(C)c2c1=O. The van der Waals surface area contributed by atoms with E-state index in [0.717, 1.165) is 10.4 Å². The lowest BCUT2D eigenvalue weighted by Gasteiger charge is -2.30. The van der Waals surface area contributed by atoms with Gasteiger partial charge in [-0.3, -0.25) is 14.2 Å². The molecule has 0 aliphatic carbocycles. The Morgan fingerprint density at radius 3 is 2.71 bits per heavy atom. The molecule has 0 bridgehead atoms. The molecule has 0 unspecified atom stereocenters. The normalized spacial score (nSPS) is 18.0. The van der Waals surface area contributed by atoms with Gasteiger partial charge in [-0.1, -0.05) is 31.7 Å². The highest BCUT2D eigenvalue weighted by Crippen LogP contribution is 2.29. The van der Waals surface area contributed by atoms with Crippen LogP contribution in [0.5, 0.6) is 0 Å². The second-order valence-electron chi connectivity index (χ2n) is 8.35. The molecule has 0 N–H and O–H groups in total. The van der Waals surface area contributed by atoms with Gasteiger partial charge in [-0.05, 0) is 31.7 Å². The predicted molar refractivity (Wildman–Crippen MR) is 128 cm³/mol.